The molecular weight excluding hydrogens is 789 g/mol. The fourth-order valence-corrected chi connectivity index (χ4v) is 11.2. The van der Waals surface area contributed by atoms with Gasteiger partial charge in [-0.05, 0) is 166 Å². The molecule has 0 radical (unpaired) electrons. The minimum absolute atomic E-state index is 0.200. The Balaban J connectivity index is 0.000000252. The van der Waals surface area contributed by atoms with Gasteiger partial charge in [0, 0.05) is 18.0 Å². The maximum atomic E-state index is 9.69. The Morgan fingerprint density at radius 2 is 0.703 bits per heavy atom. The summed E-state index contributed by atoms with van der Waals surface area (Å²) < 4.78 is 0. The van der Waals surface area contributed by atoms with Crippen molar-refractivity contribution >= 4 is 0 Å². The van der Waals surface area contributed by atoms with E-state index in [1.807, 2.05) is 85.1 Å². The van der Waals surface area contributed by atoms with E-state index in [0.717, 1.165) is 76.4 Å². The highest BCUT2D eigenvalue weighted by Crippen LogP contribution is 2.46. The van der Waals surface area contributed by atoms with Crippen LogP contribution in [0.3, 0.4) is 0 Å². The second-order valence-corrected chi connectivity index (χ2v) is 19.1. The van der Waals surface area contributed by atoms with Crippen LogP contribution in [0.15, 0.2) is 85.2 Å². The Bertz CT molecular complexity index is 1640. The summed E-state index contributed by atoms with van der Waals surface area (Å²) in [4.78, 5) is 18.8. The molecular formula is C58H88N2O4. The van der Waals surface area contributed by atoms with Crippen LogP contribution in [0.1, 0.15) is 193 Å². The third kappa shape index (κ3) is 15.3. The molecule has 4 aromatic rings. The molecule has 0 saturated heterocycles. The predicted octanol–water partition coefficient (Wildman–Crippen LogP) is 17.5. The van der Waals surface area contributed by atoms with Gasteiger partial charge < -0.3 is 0 Å². The highest BCUT2D eigenvalue weighted by molar-refractivity contribution is 5.64. The first-order chi connectivity index (χ1) is 31.3. The van der Waals surface area contributed by atoms with Gasteiger partial charge in [-0.25, -0.2) is 19.7 Å². The third-order valence-corrected chi connectivity index (χ3v) is 15.1. The number of nitrogens with zero attached hydrogens (tertiary/aromatic N) is 2. The van der Waals surface area contributed by atoms with Crippen molar-refractivity contribution in [3.63, 3.8) is 0 Å². The molecule has 0 bridgehead atoms. The number of aryl methyl sites for hydroxylation is 2. The van der Waals surface area contributed by atoms with Crippen molar-refractivity contribution in [3.05, 3.63) is 107 Å². The lowest BCUT2D eigenvalue weighted by atomic mass is 9.68. The van der Waals surface area contributed by atoms with Gasteiger partial charge in [0.2, 0.25) is 0 Å². The van der Waals surface area contributed by atoms with E-state index in [9.17, 15) is 10.5 Å². The lowest BCUT2D eigenvalue weighted by Crippen LogP contribution is -2.27. The van der Waals surface area contributed by atoms with Crippen molar-refractivity contribution in [2.24, 2.45) is 47.3 Å². The van der Waals surface area contributed by atoms with E-state index in [2.05, 4.69) is 79.3 Å². The maximum absolute atomic E-state index is 9.69. The van der Waals surface area contributed by atoms with Gasteiger partial charge in [-0.15, -0.1) is 0 Å². The largest absolute Gasteiger partial charge is 0.251 e. The standard InChI is InChI=1S/C27H36O2.C25H34N2O2.3C2H6/c1-19-3-7-21(8-4-19)23-11-15-25(16-12-23)27(29-28)26-17-13-24(14-18-26)22-9-5-20(2)6-10-22;1-17-3-5-19(6-4-17)20-7-9-21(10-8-20)24(29-28)22-11-13-23(14-12-22)25-26-15-18(2)16-27-25;3*1-2/h3-4,7-8,11-12,15-16,20,22,24,26-28H,5-6,9-10,13-14,17-18H2,1-2H3;11-17,19-21,24,28H,3-10H2,1-2H3;3*1-2H3. The lowest BCUT2D eigenvalue weighted by molar-refractivity contribution is -0.296. The number of hydrogen-bond acceptors (Lipinski definition) is 6. The van der Waals surface area contributed by atoms with E-state index in [4.69, 9.17) is 9.78 Å². The zero-order chi connectivity index (χ0) is 46.4. The molecule has 2 N–H and O–H groups in total. The van der Waals surface area contributed by atoms with Gasteiger partial charge in [0.1, 0.15) is 12.2 Å². The smallest absolute Gasteiger partial charge is 0.159 e. The molecule has 0 aliphatic heterocycles. The Morgan fingerprint density at radius 1 is 0.406 bits per heavy atom. The molecule has 1 aromatic heterocycles. The van der Waals surface area contributed by atoms with Gasteiger partial charge in [-0.2, -0.15) is 0 Å². The van der Waals surface area contributed by atoms with Crippen molar-refractivity contribution < 1.29 is 20.3 Å². The fraction of sp³-hybridized carbons (Fsp3) is 0.621. The molecule has 6 nitrogen and oxygen atoms in total. The van der Waals surface area contributed by atoms with Crippen LogP contribution in [-0.2, 0) is 9.78 Å². The molecule has 354 valence electrons. The SMILES string of the molecule is CC.CC.CC.Cc1ccc(-c2ccc(C(OO)C3CCC(C4CCC(C)CC4)CC3)cc2)cc1.Cc1cnc(-c2ccc(C(OO)C3CCC(C4CCC(C)CC4)CC3)cc2)nc1. The molecule has 6 heteroatoms. The topological polar surface area (TPSA) is 84.7 Å². The number of benzene rings is 3. The molecule has 4 fully saturated rings. The third-order valence-electron chi connectivity index (χ3n) is 15.1. The minimum Gasteiger partial charge on any atom is -0.251 e. The Hall–Kier alpha value is -3.42. The van der Waals surface area contributed by atoms with Crippen molar-refractivity contribution in [2.45, 2.75) is 184 Å². The minimum atomic E-state index is -0.240. The molecule has 4 saturated carbocycles. The van der Waals surface area contributed by atoms with Crippen molar-refractivity contribution in [3.8, 4) is 22.5 Å². The van der Waals surface area contributed by atoms with Crippen molar-refractivity contribution in [1.82, 2.24) is 9.97 Å². The second-order valence-electron chi connectivity index (χ2n) is 19.1. The molecule has 3 aromatic carbocycles. The van der Waals surface area contributed by atoms with E-state index in [1.54, 1.807) is 0 Å². The lowest BCUT2D eigenvalue weighted by Gasteiger charge is -2.38. The van der Waals surface area contributed by atoms with Crippen LogP contribution < -0.4 is 0 Å². The highest BCUT2D eigenvalue weighted by atomic mass is 17.1. The van der Waals surface area contributed by atoms with Crippen LogP contribution in [-0.4, -0.2) is 20.5 Å². The number of rotatable bonds is 10. The predicted molar refractivity (Wildman–Crippen MR) is 269 cm³/mol. The van der Waals surface area contributed by atoms with Crippen molar-refractivity contribution in [1.29, 1.82) is 0 Å². The van der Waals surface area contributed by atoms with Crippen LogP contribution in [0.5, 0.6) is 0 Å². The van der Waals surface area contributed by atoms with E-state index in [0.29, 0.717) is 11.8 Å². The normalized spacial score (nSPS) is 26.4. The molecule has 4 aliphatic rings. The van der Waals surface area contributed by atoms with Gasteiger partial charge in [-0.3, -0.25) is 10.5 Å². The second kappa shape index (κ2) is 28.6. The van der Waals surface area contributed by atoms with Gasteiger partial charge in [0.25, 0.3) is 0 Å². The van der Waals surface area contributed by atoms with Crippen LogP contribution in [0.4, 0.5) is 0 Å². The first-order valence-corrected chi connectivity index (χ1v) is 25.9. The molecule has 8 rings (SSSR count). The Labute approximate surface area is 390 Å². The van der Waals surface area contributed by atoms with Gasteiger partial charge in [-0.1, -0.05) is 159 Å². The van der Waals surface area contributed by atoms with E-state index in [-0.39, 0.29) is 12.2 Å². The quantitative estimate of drug-likeness (QED) is 0.122. The number of aromatic nitrogens is 2. The van der Waals surface area contributed by atoms with Crippen LogP contribution in [0.2, 0.25) is 0 Å². The zero-order valence-electron chi connectivity index (χ0n) is 41.8. The van der Waals surface area contributed by atoms with E-state index in [1.165, 1.54) is 107 Å². The maximum Gasteiger partial charge on any atom is 0.159 e. The summed E-state index contributed by atoms with van der Waals surface area (Å²) in [5.74, 6) is 7.01. The Kier molecular flexibility index (Phi) is 23.8. The molecule has 0 spiro atoms. The summed E-state index contributed by atoms with van der Waals surface area (Å²) in [6.07, 6.45) is 24.3. The van der Waals surface area contributed by atoms with Gasteiger partial charge in [0.05, 0.1) is 0 Å². The first kappa shape index (κ1) is 53.2. The van der Waals surface area contributed by atoms with Crippen LogP contribution >= 0.6 is 0 Å². The molecule has 0 amide bonds. The molecule has 4 aliphatic carbocycles. The van der Waals surface area contributed by atoms with E-state index < -0.39 is 0 Å². The summed E-state index contributed by atoms with van der Waals surface area (Å²) in [7, 11) is 0. The van der Waals surface area contributed by atoms with Crippen molar-refractivity contribution in [2.75, 3.05) is 0 Å². The average Bonchev–Trinajstić information content (AvgIpc) is 3.36. The fourth-order valence-electron chi connectivity index (χ4n) is 11.2. The number of hydrogen-bond donors (Lipinski definition) is 2. The summed E-state index contributed by atoms with van der Waals surface area (Å²) in [5, 5.41) is 19.4. The molecule has 2 atom stereocenters. The first-order valence-electron chi connectivity index (χ1n) is 25.9. The van der Waals surface area contributed by atoms with Gasteiger partial charge >= 0.3 is 0 Å². The summed E-state index contributed by atoms with van der Waals surface area (Å²) in [5.41, 5.74) is 7.89. The average molecular weight is 877 g/mol. The zero-order valence-corrected chi connectivity index (χ0v) is 41.8. The monoisotopic (exact) mass is 877 g/mol. The van der Waals surface area contributed by atoms with E-state index >= 15 is 0 Å². The van der Waals surface area contributed by atoms with Crippen LogP contribution in [0.25, 0.3) is 22.5 Å². The molecule has 64 heavy (non-hydrogen) atoms. The summed E-state index contributed by atoms with van der Waals surface area (Å²) >= 11 is 0. The van der Waals surface area contributed by atoms with Crippen LogP contribution in [0, 0.1) is 61.2 Å². The summed E-state index contributed by atoms with van der Waals surface area (Å²) in [6.45, 7) is 20.9. The Morgan fingerprint density at radius 3 is 1.03 bits per heavy atom. The van der Waals surface area contributed by atoms with Gasteiger partial charge in [0.15, 0.2) is 5.82 Å². The molecule has 1 heterocycles. The molecule has 2 unspecified atom stereocenters. The highest BCUT2D eigenvalue weighted by Gasteiger charge is 2.35. The summed E-state index contributed by atoms with van der Waals surface area (Å²) in [6, 6.07) is 25.3.